The van der Waals surface area contributed by atoms with Crippen molar-refractivity contribution in [2.75, 3.05) is 32.6 Å². The number of hydrogen-bond donors (Lipinski definition) is 0. The maximum absolute atomic E-state index is 12.1. The largest absolute Gasteiger partial charge is 0.469 e. The molecule has 1 saturated heterocycles. The van der Waals surface area contributed by atoms with Crippen LogP contribution in [0, 0.1) is 5.92 Å². The average Bonchev–Trinajstić information content (AvgIpc) is 2.88. The lowest BCUT2D eigenvalue weighted by atomic mass is 10.1. The monoisotopic (exact) mass is 324 g/mol. The van der Waals surface area contributed by atoms with Crippen molar-refractivity contribution in [1.82, 2.24) is 4.90 Å². The third kappa shape index (κ3) is 3.06. The number of ether oxygens (including phenoxy) is 1. The topological polar surface area (TPSA) is 66.9 Å². The van der Waals surface area contributed by atoms with Gasteiger partial charge in [0, 0.05) is 32.7 Å². The van der Waals surface area contributed by atoms with Crippen LogP contribution in [0.2, 0.25) is 5.02 Å². The molecule has 1 aliphatic rings. The van der Waals surface area contributed by atoms with E-state index < -0.39 is 11.9 Å². The van der Waals surface area contributed by atoms with Gasteiger partial charge in [-0.1, -0.05) is 11.6 Å². The maximum atomic E-state index is 12.1. The molecule has 1 heterocycles. The highest BCUT2D eigenvalue weighted by Gasteiger charge is 2.36. The second kappa shape index (κ2) is 6.36. The van der Waals surface area contributed by atoms with Gasteiger partial charge in [0.25, 0.3) is 5.91 Å². The molecule has 0 spiro atoms. The first kappa shape index (κ1) is 16.3. The summed E-state index contributed by atoms with van der Waals surface area (Å²) >= 11 is 6.05. The summed E-state index contributed by atoms with van der Waals surface area (Å²) in [6.07, 6.45) is 0.103. The van der Waals surface area contributed by atoms with Crippen LogP contribution >= 0.6 is 11.6 Å². The molecule has 0 aliphatic carbocycles. The van der Waals surface area contributed by atoms with Crippen molar-refractivity contribution < 1.29 is 19.1 Å². The number of carbonyl (C=O) groups excluding carboxylic acids is 3. The summed E-state index contributed by atoms with van der Waals surface area (Å²) < 4.78 is 4.68. The Hall–Kier alpha value is -2.08. The van der Waals surface area contributed by atoms with Gasteiger partial charge >= 0.3 is 5.97 Å². The van der Waals surface area contributed by atoms with Crippen LogP contribution in [0.3, 0.4) is 0 Å². The Morgan fingerprint density at radius 3 is 2.64 bits per heavy atom. The maximum Gasteiger partial charge on any atom is 0.311 e. The number of anilines is 1. The fourth-order valence-corrected chi connectivity index (χ4v) is 2.57. The van der Waals surface area contributed by atoms with Crippen LogP contribution in [0.5, 0.6) is 0 Å². The molecule has 0 radical (unpaired) electrons. The van der Waals surface area contributed by atoms with Gasteiger partial charge in [-0.25, -0.2) is 0 Å². The van der Waals surface area contributed by atoms with E-state index in [1.54, 1.807) is 32.3 Å². The fraction of sp³-hybridized carbons (Fsp3) is 0.400. The first-order valence-corrected chi connectivity index (χ1v) is 7.12. The Kier molecular flexibility index (Phi) is 4.71. The van der Waals surface area contributed by atoms with Gasteiger partial charge < -0.3 is 14.5 Å². The quantitative estimate of drug-likeness (QED) is 0.792. The molecular formula is C15H17ClN2O4. The number of methoxy groups -OCH3 is 1. The van der Waals surface area contributed by atoms with Crippen LogP contribution in [0.1, 0.15) is 16.8 Å². The van der Waals surface area contributed by atoms with E-state index in [9.17, 15) is 14.4 Å². The van der Waals surface area contributed by atoms with E-state index in [4.69, 9.17) is 11.6 Å². The van der Waals surface area contributed by atoms with E-state index in [0.29, 0.717) is 16.3 Å². The van der Waals surface area contributed by atoms with Crippen molar-refractivity contribution in [2.24, 2.45) is 5.92 Å². The first-order chi connectivity index (χ1) is 10.3. The second-order valence-corrected chi connectivity index (χ2v) is 5.70. The zero-order valence-corrected chi connectivity index (χ0v) is 13.4. The van der Waals surface area contributed by atoms with E-state index in [-0.39, 0.29) is 24.8 Å². The molecule has 7 heteroatoms. The fourth-order valence-electron chi connectivity index (χ4n) is 2.37. The molecule has 1 unspecified atom stereocenters. The van der Waals surface area contributed by atoms with Crippen molar-refractivity contribution in [1.29, 1.82) is 0 Å². The Morgan fingerprint density at radius 1 is 1.36 bits per heavy atom. The summed E-state index contributed by atoms with van der Waals surface area (Å²) in [6, 6.07) is 4.81. The molecular weight excluding hydrogens is 308 g/mol. The summed E-state index contributed by atoms with van der Waals surface area (Å²) in [5.41, 5.74) is 0.865. The van der Waals surface area contributed by atoms with Gasteiger partial charge in [0.2, 0.25) is 5.91 Å². The third-order valence-electron chi connectivity index (χ3n) is 3.56. The molecule has 1 aliphatic heterocycles. The van der Waals surface area contributed by atoms with Crippen LogP contribution in [-0.2, 0) is 14.3 Å². The van der Waals surface area contributed by atoms with Gasteiger partial charge in [-0.3, -0.25) is 14.4 Å². The smallest absolute Gasteiger partial charge is 0.311 e. The van der Waals surface area contributed by atoms with Crippen LogP contribution in [0.15, 0.2) is 18.2 Å². The molecule has 0 N–H and O–H groups in total. The van der Waals surface area contributed by atoms with Crippen molar-refractivity contribution in [3.05, 3.63) is 28.8 Å². The first-order valence-electron chi connectivity index (χ1n) is 6.74. The Bertz CT molecular complexity index is 630. The molecule has 1 atom stereocenters. The minimum absolute atomic E-state index is 0.103. The number of carbonyl (C=O) groups is 3. The molecule has 0 aromatic heterocycles. The lowest BCUT2D eigenvalue weighted by Gasteiger charge is -2.19. The van der Waals surface area contributed by atoms with Crippen molar-refractivity contribution in [2.45, 2.75) is 6.42 Å². The van der Waals surface area contributed by atoms with Crippen molar-refractivity contribution in [3.8, 4) is 0 Å². The van der Waals surface area contributed by atoms with Crippen LogP contribution in [-0.4, -0.2) is 50.4 Å². The zero-order valence-electron chi connectivity index (χ0n) is 12.6. The predicted molar refractivity (Wildman–Crippen MR) is 81.9 cm³/mol. The molecule has 22 heavy (non-hydrogen) atoms. The lowest BCUT2D eigenvalue weighted by molar-refractivity contribution is -0.145. The number of halogens is 1. The van der Waals surface area contributed by atoms with E-state index in [2.05, 4.69) is 4.74 Å². The normalized spacial score (nSPS) is 17.5. The van der Waals surface area contributed by atoms with Crippen molar-refractivity contribution in [3.63, 3.8) is 0 Å². The Labute approximate surface area is 133 Å². The van der Waals surface area contributed by atoms with Crippen LogP contribution in [0.25, 0.3) is 0 Å². The highest BCUT2D eigenvalue weighted by atomic mass is 35.5. The SMILES string of the molecule is COC(=O)C1CC(=O)N(c2ccc(Cl)c(C(=O)N(C)C)c2)C1. The zero-order chi connectivity index (χ0) is 16.4. The summed E-state index contributed by atoms with van der Waals surface area (Å²) in [5, 5.41) is 0.318. The molecule has 0 saturated carbocycles. The van der Waals surface area contributed by atoms with Gasteiger partial charge in [0.15, 0.2) is 0 Å². The molecule has 2 amide bonds. The average molecular weight is 325 g/mol. The van der Waals surface area contributed by atoms with Gasteiger partial charge in [-0.2, -0.15) is 0 Å². The molecule has 2 rings (SSSR count). The summed E-state index contributed by atoms with van der Waals surface area (Å²) in [7, 11) is 4.55. The number of esters is 1. The number of amides is 2. The van der Waals surface area contributed by atoms with Gasteiger partial charge in [-0.15, -0.1) is 0 Å². The number of nitrogens with zero attached hydrogens (tertiary/aromatic N) is 2. The van der Waals surface area contributed by atoms with Crippen LogP contribution < -0.4 is 4.90 Å². The molecule has 6 nitrogen and oxygen atoms in total. The summed E-state index contributed by atoms with van der Waals surface area (Å²) in [4.78, 5) is 38.7. The second-order valence-electron chi connectivity index (χ2n) is 5.29. The highest BCUT2D eigenvalue weighted by Crippen LogP contribution is 2.29. The molecule has 1 aromatic carbocycles. The minimum atomic E-state index is -0.485. The standard InChI is InChI=1S/C15H17ClN2O4/c1-17(2)14(20)11-7-10(4-5-12(11)16)18-8-9(6-13(18)19)15(21)22-3/h4-5,7,9H,6,8H2,1-3H3. The van der Waals surface area contributed by atoms with E-state index in [0.717, 1.165) is 0 Å². The van der Waals surface area contributed by atoms with E-state index in [1.807, 2.05) is 0 Å². The number of hydrogen-bond acceptors (Lipinski definition) is 4. The van der Waals surface area contributed by atoms with E-state index in [1.165, 1.54) is 16.9 Å². The Morgan fingerprint density at radius 2 is 2.05 bits per heavy atom. The molecule has 1 fully saturated rings. The summed E-state index contributed by atoms with van der Waals surface area (Å²) in [6.45, 7) is 0.239. The summed E-state index contributed by atoms with van der Waals surface area (Å²) in [5.74, 6) is -1.32. The van der Waals surface area contributed by atoms with Gasteiger partial charge in [0.1, 0.15) is 0 Å². The minimum Gasteiger partial charge on any atom is -0.469 e. The lowest BCUT2D eigenvalue weighted by Crippen LogP contribution is -2.27. The Balaban J connectivity index is 2.30. The van der Waals surface area contributed by atoms with Gasteiger partial charge in [0.05, 0.1) is 23.6 Å². The number of benzene rings is 1. The highest BCUT2D eigenvalue weighted by molar-refractivity contribution is 6.34. The number of rotatable bonds is 3. The molecule has 118 valence electrons. The third-order valence-corrected chi connectivity index (χ3v) is 3.89. The predicted octanol–water partition coefficient (Wildman–Crippen LogP) is 1.57. The molecule has 0 bridgehead atoms. The van der Waals surface area contributed by atoms with Crippen LogP contribution in [0.4, 0.5) is 5.69 Å². The van der Waals surface area contributed by atoms with E-state index >= 15 is 0 Å². The van der Waals surface area contributed by atoms with Crippen molar-refractivity contribution >= 4 is 35.1 Å². The van der Waals surface area contributed by atoms with Gasteiger partial charge in [-0.05, 0) is 18.2 Å². The molecule has 1 aromatic rings.